The molecular weight excluding hydrogens is 276 g/mol. The average Bonchev–Trinajstić information content (AvgIpc) is 2.48. The number of hydrogen-bond acceptors (Lipinski definition) is 5. The lowest BCUT2D eigenvalue weighted by molar-refractivity contribution is -0.383. The molecule has 3 N–H and O–H groups in total. The van der Waals surface area contributed by atoms with E-state index in [2.05, 4.69) is 16.0 Å². The smallest absolute Gasteiger partial charge is 0.292 e. The number of carbonyl (C=O) groups excluding carboxylic acids is 2. The first-order valence-corrected chi connectivity index (χ1v) is 6.55. The van der Waals surface area contributed by atoms with Crippen LogP contribution in [0, 0.1) is 10.1 Å². The molecule has 1 fully saturated rings. The lowest BCUT2D eigenvalue weighted by Crippen LogP contribution is -2.47. The van der Waals surface area contributed by atoms with Crippen molar-refractivity contribution < 1.29 is 14.5 Å². The second kappa shape index (κ2) is 6.21. The summed E-state index contributed by atoms with van der Waals surface area (Å²) in [5.41, 5.74) is 0.533. The van der Waals surface area contributed by atoms with Gasteiger partial charge in [-0.25, -0.2) is 0 Å². The molecule has 112 valence electrons. The van der Waals surface area contributed by atoms with Crippen LogP contribution in [0.15, 0.2) is 18.2 Å². The van der Waals surface area contributed by atoms with E-state index >= 15 is 0 Å². The first-order chi connectivity index (χ1) is 10.0. The molecule has 21 heavy (non-hydrogen) atoms. The van der Waals surface area contributed by atoms with E-state index in [1.54, 1.807) is 7.05 Å². The maximum atomic E-state index is 12.1. The van der Waals surface area contributed by atoms with Crippen LogP contribution in [0.4, 0.5) is 11.4 Å². The lowest BCUT2D eigenvalue weighted by Gasteiger charge is -2.23. The summed E-state index contributed by atoms with van der Waals surface area (Å²) < 4.78 is 0. The maximum Gasteiger partial charge on any atom is 0.292 e. The first kappa shape index (κ1) is 14.8. The first-order valence-electron chi connectivity index (χ1n) is 6.55. The molecule has 1 aliphatic heterocycles. The summed E-state index contributed by atoms with van der Waals surface area (Å²) in [6, 6.07) is 4.02. The standard InChI is InChI=1S/C13H16N4O4/c1-14-10-6-8(2-4-11(10)17(20)21)13(19)16-9-3-5-12(18)15-7-9/h2,4,6,9,14H,3,5,7H2,1H3,(H,15,18)(H,16,19). The summed E-state index contributed by atoms with van der Waals surface area (Å²) in [5, 5.41) is 19.0. The molecule has 0 bridgehead atoms. The highest BCUT2D eigenvalue weighted by atomic mass is 16.6. The quantitative estimate of drug-likeness (QED) is 0.557. The largest absolute Gasteiger partial charge is 0.383 e. The topological polar surface area (TPSA) is 113 Å². The van der Waals surface area contributed by atoms with Crippen LogP contribution >= 0.6 is 0 Å². The highest BCUT2D eigenvalue weighted by Crippen LogP contribution is 2.24. The van der Waals surface area contributed by atoms with E-state index in [1.165, 1.54) is 18.2 Å². The summed E-state index contributed by atoms with van der Waals surface area (Å²) in [4.78, 5) is 33.5. The van der Waals surface area contributed by atoms with E-state index in [0.717, 1.165) is 0 Å². The summed E-state index contributed by atoms with van der Waals surface area (Å²) in [5.74, 6) is -0.337. The van der Waals surface area contributed by atoms with Crippen LogP contribution in [0.1, 0.15) is 23.2 Å². The molecule has 0 aromatic heterocycles. The molecule has 1 aromatic carbocycles. The molecule has 8 heteroatoms. The van der Waals surface area contributed by atoms with Crippen molar-refractivity contribution in [2.75, 3.05) is 18.9 Å². The molecule has 0 aliphatic carbocycles. The van der Waals surface area contributed by atoms with E-state index in [-0.39, 0.29) is 29.2 Å². The molecule has 1 aliphatic rings. The Hall–Kier alpha value is -2.64. The molecule has 0 spiro atoms. The summed E-state index contributed by atoms with van der Waals surface area (Å²) in [6.07, 6.45) is 0.969. The summed E-state index contributed by atoms with van der Waals surface area (Å²) in [7, 11) is 1.56. The Morgan fingerprint density at radius 3 is 2.81 bits per heavy atom. The van der Waals surface area contributed by atoms with Crippen LogP contribution in [0.2, 0.25) is 0 Å². The van der Waals surface area contributed by atoms with Crippen LogP contribution in [0.25, 0.3) is 0 Å². The minimum Gasteiger partial charge on any atom is -0.383 e. The fourth-order valence-electron chi connectivity index (χ4n) is 2.16. The van der Waals surface area contributed by atoms with Crippen LogP contribution in [0.3, 0.4) is 0 Å². The van der Waals surface area contributed by atoms with Gasteiger partial charge in [-0.3, -0.25) is 19.7 Å². The molecule has 1 saturated heterocycles. The number of nitrogens with one attached hydrogen (secondary N) is 3. The van der Waals surface area contributed by atoms with Gasteiger partial charge in [0.1, 0.15) is 5.69 Å². The van der Waals surface area contributed by atoms with Crippen molar-refractivity contribution in [1.29, 1.82) is 0 Å². The Labute approximate surface area is 121 Å². The van der Waals surface area contributed by atoms with Gasteiger partial charge in [-0.05, 0) is 18.6 Å². The number of nitrogens with zero attached hydrogens (tertiary/aromatic N) is 1. The number of rotatable bonds is 4. The zero-order valence-electron chi connectivity index (χ0n) is 11.5. The minimum atomic E-state index is -0.510. The number of benzene rings is 1. The number of nitro benzene ring substituents is 1. The molecule has 2 amide bonds. The third-order valence-electron chi connectivity index (χ3n) is 3.33. The molecule has 1 aromatic rings. The summed E-state index contributed by atoms with van der Waals surface area (Å²) >= 11 is 0. The SMILES string of the molecule is CNc1cc(C(=O)NC2CCC(=O)NC2)ccc1[N+](=O)[O-]. The van der Waals surface area contributed by atoms with Crippen LogP contribution in [-0.2, 0) is 4.79 Å². The molecule has 0 saturated carbocycles. The van der Waals surface area contributed by atoms with Gasteiger partial charge in [-0.1, -0.05) is 0 Å². The van der Waals surface area contributed by atoms with Gasteiger partial charge in [-0.2, -0.15) is 0 Å². The van der Waals surface area contributed by atoms with Gasteiger partial charge in [0.2, 0.25) is 5.91 Å². The van der Waals surface area contributed by atoms with Crippen LogP contribution < -0.4 is 16.0 Å². The molecule has 1 heterocycles. The highest BCUT2D eigenvalue weighted by molar-refractivity contribution is 5.96. The van der Waals surface area contributed by atoms with E-state index in [1.807, 2.05) is 0 Å². The molecule has 1 unspecified atom stereocenters. The Morgan fingerprint density at radius 2 is 2.24 bits per heavy atom. The Morgan fingerprint density at radius 1 is 1.48 bits per heavy atom. The van der Waals surface area contributed by atoms with Gasteiger partial charge in [-0.15, -0.1) is 0 Å². The zero-order chi connectivity index (χ0) is 15.4. The zero-order valence-corrected chi connectivity index (χ0v) is 11.5. The number of anilines is 1. The molecule has 2 rings (SSSR count). The number of nitro groups is 1. The highest BCUT2D eigenvalue weighted by Gasteiger charge is 2.21. The lowest BCUT2D eigenvalue weighted by atomic mass is 10.1. The predicted molar refractivity (Wildman–Crippen MR) is 76.1 cm³/mol. The predicted octanol–water partition coefficient (Wildman–Crippen LogP) is 0.645. The van der Waals surface area contributed by atoms with Crippen molar-refractivity contribution >= 4 is 23.2 Å². The summed E-state index contributed by atoms with van der Waals surface area (Å²) in [6.45, 7) is 0.399. The normalized spacial score (nSPS) is 17.8. The van der Waals surface area contributed by atoms with E-state index in [0.29, 0.717) is 24.9 Å². The van der Waals surface area contributed by atoms with Gasteiger partial charge in [0.05, 0.1) is 4.92 Å². The Balaban J connectivity index is 2.09. The van der Waals surface area contributed by atoms with Crippen LogP contribution in [-0.4, -0.2) is 36.4 Å². The van der Waals surface area contributed by atoms with Crippen molar-refractivity contribution in [2.45, 2.75) is 18.9 Å². The second-order valence-electron chi connectivity index (χ2n) is 4.75. The molecule has 8 nitrogen and oxygen atoms in total. The number of piperidine rings is 1. The molecular formula is C13H16N4O4. The fraction of sp³-hybridized carbons (Fsp3) is 0.385. The van der Waals surface area contributed by atoms with Gasteiger partial charge in [0.25, 0.3) is 11.6 Å². The van der Waals surface area contributed by atoms with Crippen molar-refractivity contribution in [3.63, 3.8) is 0 Å². The maximum absolute atomic E-state index is 12.1. The van der Waals surface area contributed by atoms with E-state index < -0.39 is 4.92 Å². The van der Waals surface area contributed by atoms with Crippen molar-refractivity contribution in [3.05, 3.63) is 33.9 Å². The van der Waals surface area contributed by atoms with E-state index in [4.69, 9.17) is 0 Å². The number of carbonyl (C=O) groups is 2. The van der Waals surface area contributed by atoms with Crippen molar-refractivity contribution in [1.82, 2.24) is 10.6 Å². The van der Waals surface area contributed by atoms with Gasteiger partial charge in [0.15, 0.2) is 0 Å². The van der Waals surface area contributed by atoms with Gasteiger partial charge >= 0.3 is 0 Å². The van der Waals surface area contributed by atoms with Crippen LogP contribution in [0.5, 0.6) is 0 Å². The monoisotopic (exact) mass is 292 g/mol. The third kappa shape index (κ3) is 3.47. The number of hydrogen-bond donors (Lipinski definition) is 3. The fourth-order valence-corrected chi connectivity index (χ4v) is 2.16. The Bertz CT molecular complexity index is 578. The Kier molecular flexibility index (Phi) is 4.36. The van der Waals surface area contributed by atoms with Gasteiger partial charge < -0.3 is 16.0 Å². The second-order valence-corrected chi connectivity index (χ2v) is 4.75. The third-order valence-corrected chi connectivity index (χ3v) is 3.33. The van der Waals surface area contributed by atoms with Gasteiger partial charge in [0, 0.05) is 37.7 Å². The van der Waals surface area contributed by atoms with Crippen molar-refractivity contribution in [2.24, 2.45) is 0 Å². The number of amides is 2. The van der Waals surface area contributed by atoms with E-state index in [9.17, 15) is 19.7 Å². The minimum absolute atomic E-state index is 0.0201. The molecule has 0 radical (unpaired) electrons. The molecule has 1 atom stereocenters. The average molecular weight is 292 g/mol. The van der Waals surface area contributed by atoms with Crippen molar-refractivity contribution in [3.8, 4) is 0 Å².